The standard InChI is InChI=1S/C29H25NO3/c1-2-29(31)33-22-32-21-23-13-15-24(16-14-23)25-17-19-28(20-18-25)30(26-9-5-3-6-10-26)27-11-7-4-8-12-27/h2-20H,1,21-22H2. The second-order valence-corrected chi connectivity index (χ2v) is 7.38. The molecule has 0 N–H and O–H groups in total. The molecule has 4 heteroatoms. The van der Waals surface area contributed by atoms with Gasteiger partial charge in [0.25, 0.3) is 0 Å². The lowest BCUT2D eigenvalue weighted by Crippen LogP contribution is -2.09. The molecule has 0 aliphatic rings. The van der Waals surface area contributed by atoms with E-state index in [1.54, 1.807) is 0 Å². The van der Waals surface area contributed by atoms with Crippen molar-refractivity contribution in [2.75, 3.05) is 11.7 Å². The van der Waals surface area contributed by atoms with Crippen LogP contribution in [0.4, 0.5) is 17.1 Å². The predicted octanol–water partition coefficient (Wildman–Crippen LogP) is 7.03. The third-order valence-electron chi connectivity index (χ3n) is 5.16. The number of anilines is 3. The summed E-state index contributed by atoms with van der Waals surface area (Å²) in [7, 11) is 0. The highest BCUT2D eigenvalue weighted by molar-refractivity contribution is 5.81. The van der Waals surface area contributed by atoms with Gasteiger partial charge in [0.05, 0.1) is 6.61 Å². The average Bonchev–Trinajstić information content (AvgIpc) is 2.89. The summed E-state index contributed by atoms with van der Waals surface area (Å²) >= 11 is 0. The minimum atomic E-state index is -0.494. The van der Waals surface area contributed by atoms with Gasteiger partial charge in [-0.1, -0.05) is 79.4 Å². The van der Waals surface area contributed by atoms with Gasteiger partial charge in [-0.3, -0.25) is 0 Å². The molecule has 0 spiro atoms. The van der Waals surface area contributed by atoms with Crippen LogP contribution in [0.2, 0.25) is 0 Å². The van der Waals surface area contributed by atoms with Crippen molar-refractivity contribution in [3.05, 3.63) is 127 Å². The Hall–Kier alpha value is -4.15. The molecule has 0 unspecified atom stereocenters. The third-order valence-corrected chi connectivity index (χ3v) is 5.16. The number of carbonyl (C=O) groups is 1. The van der Waals surface area contributed by atoms with Crippen molar-refractivity contribution in [2.24, 2.45) is 0 Å². The van der Waals surface area contributed by atoms with E-state index in [0.29, 0.717) is 6.61 Å². The van der Waals surface area contributed by atoms with E-state index in [0.717, 1.165) is 39.8 Å². The Balaban J connectivity index is 1.48. The lowest BCUT2D eigenvalue weighted by Gasteiger charge is -2.25. The van der Waals surface area contributed by atoms with Crippen LogP contribution in [0.15, 0.2) is 122 Å². The first-order valence-electron chi connectivity index (χ1n) is 10.7. The maximum Gasteiger partial charge on any atom is 0.332 e. The van der Waals surface area contributed by atoms with Gasteiger partial charge in [0.1, 0.15) is 0 Å². The minimum absolute atomic E-state index is 0.0899. The Kier molecular flexibility index (Phi) is 7.31. The molecule has 164 valence electrons. The summed E-state index contributed by atoms with van der Waals surface area (Å²) in [5, 5.41) is 0. The van der Waals surface area contributed by atoms with Crippen LogP contribution in [0.5, 0.6) is 0 Å². The first kappa shape index (κ1) is 22.1. The van der Waals surface area contributed by atoms with Gasteiger partial charge in [-0.05, 0) is 53.1 Å². The Labute approximate surface area is 194 Å². The summed E-state index contributed by atoms with van der Waals surface area (Å²) in [5.41, 5.74) is 6.57. The monoisotopic (exact) mass is 435 g/mol. The summed E-state index contributed by atoms with van der Waals surface area (Å²) in [6.07, 6.45) is 1.11. The van der Waals surface area contributed by atoms with Gasteiger partial charge in [-0.15, -0.1) is 0 Å². The molecule has 4 rings (SSSR count). The maximum atomic E-state index is 11.0. The second-order valence-electron chi connectivity index (χ2n) is 7.38. The van der Waals surface area contributed by atoms with Gasteiger partial charge in [-0.25, -0.2) is 4.79 Å². The molecule has 0 radical (unpaired) electrons. The number of ether oxygens (including phenoxy) is 2. The molecule has 0 aliphatic heterocycles. The molecule has 0 heterocycles. The number of nitrogens with zero attached hydrogens (tertiary/aromatic N) is 1. The van der Waals surface area contributed by atoms with Crippen molar-refractivity contribution in [2.45, 2.75) is 6.61 Å². The van der Waals surface area contributed by atoms with Crippen molar-refractivity contribution in [1.29, 1.82) is 0 Å². The van der Waals surface area contributed by atoms with Gasteiger partial charge in [-0.2, -0.15) is 0 Å². The van der Waals surface area contributed by atoms with Crippen LogP contribution >= 0.6 is 0 Å². The number of esters is 1. The summed E-state index contributed by atoms with van der Waals surface area (Å²) in [6.45, 7) is 3.63. The first-order chi connectivity index (χ1) is 16.2. The topological polar surface area (TPSA) is 38.8 Å². The first-order valence-corrected chi connectivity index (χ1v) is 10.7. The summed E-state index contributed by atoms with van der Waals surface area (Å²) in [6, 6.07) is 37.4. The van der Waals surface area contributed by atoms with Crippen LogP contribution in [0.1, 0.15) is 5.56 Å². The Bertz CT molecular complexity index is 1130. The molecule has 4 nitrogen and oxygen atoms in total. The molecular weight excluding hydrogens is 410 g/mol. The molecule has 4 aromatic rings. The fourth-order valence-corrected chi connectivity index (χ4v) is 3.52. The minimum Gasteiger partial charge on any atom is -0.435 e. The van der Waals surface area contributed by atoms with Crippen molar-refractivity contribution in [1.82, 2.24) is 0 Å². The zero-order chi connectivity index (χ0) is 22.9. The van der Waals surface area contributed by atoms with Crippen LogP contribution in [-0.4, -0.2) is 12.8 Å². The number of para-hydroxylation sites is 2. The highest BCUT2D eigenvalue weighted by Crippen LogP contribution is 2.35. The molecule has 0 amide bonds. The fourth-order valence-electron chi connectivity index (χ4n) is 3.52. The van der Waals surface area contributed by atoms with E-state index in [1.165, 1.54) is 0 Å². The van der Waals surface area contributed by atoms with Crippen LogP contribution in [-0.2, 0) is 20.9 Å². The molecule has 0 aliphatic carbocycles. The number of rotatable bonds is 9. The molecule has 4 aromatic carbocycles. The van der Waals surface area contributed by atoms with Crippen molar-refractivity contribution < 1.29 is 14.3 Å². The Morgan fingerprint density at radius 1 is 0.697 bits per heavy atom. The van der Waals surface area contributed by atoms with E-state index >= 15 is 0 Å². The van der Waals surface area contributed by atoms with Gasteiger partial charge in [0, 0.05) is 23.1 Å². The molecule has 0 saturated heterocycles. The van der Waals surface area contributed by atoms with Gasteiger partial charge < -0.3 is 14.4 Å². The van der Waals surface area contributed by atoms with E-state index in [-0.39, 0.29) is 6.79 Å². The smallest absolute Gasteiger partial charge is 0.332 e. The summed E-state index contributed by atoms with van der Waals surface area (Å²) in [4.78, 5) is 13.3. The van der Waals surface area contributed by atoms with Gasteiger partial charge in [0.2, 0.25) is 0 Å². The lowest BCUT2D eigenvalue weighted by molar-refractivity contribution is -0.151. The molecule has 0 bridgehead atoms. The quantitative estimate of drug-likeness (QED) is 0.122. The maximum absolute atomic E-state index is 11.0. The van der Waals surface area contributed by atoms with Crippen LogP contribution < -0.4 is 4.90 Å². The zero-order valence-electron chi connectivity index (χ0n) is 18.3. The molecule has 0 aromatic heterocycles. The molecule has 0 fully saturated rings. The van der Waals surface area contributed by atoms with E-state index in [4.69, 9.17) is 9.47 Å². The van der Waals surface area contributed by atoms with E-state index in [1.807, 2.05) is 48.5 Å². The zero-order valence-corrected chi connectivity index (χ0v) is 18.3. The van der Waals surface area contributed by atoms with Gasteiger partial charge in [0.15, 0.2) is 6.79 Å². The van der Waals surface area contributed by atoms with E-state index in [9.17, 15) is 4.79 Å². The van der Waals surface area contributed by atoms with E-state index < -0.39 is 5.97 Å². The second kappa shape index (κ2) is 10.9. The van der Waals surface area contributed by atoms with Crippen molar-refractivity contribution in [3.63, 3.8) is 0 Å². The number of hydrogen-bond acceptors (Lipinski definition) is 4. The van der Waals surface area contributed by atoms with Crippen molar-refractivity contribution >= 4 is 23.0 Å². The SMILES string of the molecule is C=CC(=O)OCOCc1ccc(-c2ccc(N(c3ccccc3)c3ccccc3)cc2)cc1. The summed E-state index contributed by atoms with van der Waals surface area (Å²) in [5.74, 6) is -0.494. The van der Waals surface area contributed by atoms with Crippen LogP contribution in [0.3, 0.4) is 0 Å². The normalized spacial score (nSPS) is 10.4. The number of carbonyl (C=O) groups excluding carboxylic acids is 1. The number of benzene rings is 4. The fraction of sp³-hybridized carbons (Fsp3) is 0.0690. The van der Waals surface area contributed by atoms with Crippen molar-refractivity contribution in [3.8, 4) is 11.1 Å². The average molecular weight is 436 g/mol. The predicted molar refractivity (Wildman–Crippen MR) is 133 cm³/mol. The largest absolute Gasteiger partial charge is 0.435 e. The molecular formula is C29H25NO3. The summed E-state index contributed by atoms with van der Waals surface area (Å²) < 4.78 is 10.2. The molecule has 0 atom stereocenters. The van der Waals surface area contributed by atoms with E-state index in [2.05, 4.69) is 72.1 Å². The lowest BCUT2D eigenvalue weighted by atomic mass is 10.0. The van der Waals surface area contributed by atoms with Crippen LogP contribution in [0.25, 0.3) is 11.1 Å². The van der Waals surface area contributed by atoms with Gasteiger partial charge >= 0.3 is 5.97 Å². The Morgan fingerprint density at radius 3 is 1.70 bits per heavy atom. The molecule has 33 heavy (non-hydrogen) atoms. The number of hydrogen-bond donors (Lipinski definition) is 0. The van der Waals surface area contributed by atoms with Crippen LogP contribution in [0, 0.1) is 0 Å². The molecule has 0 saturated carbocycles. The Morgan fingerprint density at radius 2 is 1.18 bits per heavy atom. The third kappa shape index (κ3) is 5.76. The highest BCUT2D eigenvalue weighted by atomic mass is 16.7. The highest BCUT2D eigenvalue weighted by Gasteiger charge is 2.11.